The minimum Gasteiger partial charge on any atom is -0.462 e. The van der Waals surface area contributed by atoms with Gasteiger partial charge < -0.3 is 24.1 Å². The Balaban J connectivity index is 1.63. The number of hydrogen-bond donors (Lipinski definition) is 1. The molecule has 3 aliphatic rings. The van der Waals surface area contributed by atoms with Crippen molar-refractivity contribution < 1.29 is 40.0 Å². The van der Waals surface area contributed by atoms with E-state index in [1.807, 2.05) is 18.2 Å². The Bertz CT molecular complexity index is 1310. The van der Waals surface area contributed by atoms with Gasteiger partial charge in [0.15, 0.2) is 5.54 Å². The second-order valence-electron chi connectivity index (χ2n) is 7.61. The zero-order chi connectivity index (χ0) is 23.4. The summed E-state index contributed by atoms with van der Waals surface area (Å²) in [6.45, 7) is 1.01. The van der Waals surface area contributed by atoms with Crippen molar-refractivity contribution in [3.8, 4) is 17.2 Å². The fourth-order valence-corrected chi connectivity index (χ4v) is 4.50. The number of benzene rings is 2. The van der Waals surface area contributed by atoms with Crippen LogP contribution < -0.4 is 14.7 Å². The molecule has 2 aromatic carbocycles. The number of ether oxygens (including phenoxy) is 3. The van der Waals surface area contributed by atoms with Gasteiger partial charge in [-0.3, -0.25) is 0 Å². The molecule has 0 fully saturated rings. The van der Waals surface area contributed by atoms with Crippen LogP contribution in [0.4, 0.5) is 13.2 Å². The van der Waals surface area contributed by atoms with Crippen LogP contribution >= 0.6 is 0 Å². The number of rotatable bonds is 3. The second-order valence-corrected chi connectivity index (χ2v) is 9.15. The van der Waals surface area contributed by atoms with Gasteiger partial charge in [-0.25, -0.2) is 4.99 Å². The third-order valence-electron chi connectivity index (χ3n) is 5.60. The second kappa shape index (κ2) is 7.39. The van der Waals surface area contributed by atoms with Crippen molar-refractivity contribution >= 4 is 21.7 Å². The molecule has 12 heteroatoms. The van der Waals surface area contributed by atoms with Crippen molar-refractivity contribution in [3.63, 3.8) is 0 Å². The van der Waals surface area contributed by atoms with Gasteiger partial charge in [-0.2, -0.15) is 21.6 Å². The summed E-state index contributed by atoms with van der Waals surface area (Å²) < 4.78 is 82.5. The Morgan fingerprint density at radius 1 is 1.09 bits per heavy atom. The zero-order valence-electron chi connectivity index (χ0n) is 16.9. The molecule has 5 rings (SSSR count). The van der Waals surface area contributed by atoms with Crippen LogP contribution in [0.25, 0.3) is 5.57 Å². The molecule has 0 bridgehead atoms. The van der Waals surface area contributed by atoms with E-state index in [9.17, 15) is 21.6 Å². The lowest BCUT2D eigenvalue weighted by Crippen LogP contribution is -2.32. The molecule has 0 saturated carbocycles. The van der Waals surface area contributed by atoms with E-state index in [4.69, 9.17) is 19.9 Å². The lowest BCUT2D eigenvalue weighted by atomic mass is 9.80. The smallest absolute Gasteiger partial charge is 0.462 e. The standard InChI is InChI=1S/C21H17F3N2O6S/c22-21(23,24)33(27,28)32-14-2-4-18-16(10-14)20(11-30-19(25)26-20)15-9-13(1-3-17(15)31-18)12-5-7-29-8-6-12/h1-5,9-10H,6-8,11H2,(H2,25,26)/t20-/m1/s1. The Morgan fingerprint density at radius 2 is 1.82 bits per heavy atom. The first-order chi connectivity index (χ1) is 15.6. The molecule has 2 N–H and O–H groups in total. The number of nitrogens with two attached hydrogens (primary N) is 1. The van der Waals surface area contributed by atoms with Crippen LogP contribution in [0.5, 0.6) is 17.2 Å². The van der Waals surface area contributed by atoms with E-state index in [0.29, 0.717) is 30.9 Å². The number of nitrogens with zero attached hydrogens (tertiary/aromatic N) is 1. The summed E-state index contributed by atoms with van der Waals surface area (Å²) in [7, 11) is -5.86. The number of amidine groups is 1. The van der Waals surface area contributed by atoms with E-state index in [1.54, 1.807) is 6.07 Å². The molecule has 0 unspecified atom stereocenters. The highest BCUT2D eigenvalue weighted by molar-refractivity contribution is 7.88. The molecule has 1 atom stereocenters. The van der Waals surface area contributed by atoms with E-state index in [0.717, 1.165) is 23.3 Å². The molecule has 2 aromatic rings. The third kappa shape index (κ3) is 3.59. The van der Waals surface area contributed by atoms with E-state index in [1.165, 1.54) is 6.07 Å². The summed E-state index contributed by atoms with van der Waals surface area (Å²) in [6, 6.07) is 8.96. The molecular weight excluding hydrogens is 465 g/mol. The highest BCUT2D eigenvalue weighted by atomic mass is 32.2. The summed E-state index contributed by atoms with van der Waals surface area (Å²) in [5, 5.41) is 0. The van der Waals surface area contributed by atoms with Crippen molar-refractivity contribution in [2.75, 3.05) is 19.8 Å². The van der Waals surface area contributed by atoms with Gasteiger partial charge in [-0.05, 0) is 47.9 Å². The molecule has 0 aromatic heterocycles. The maximum Gasteiger partial charge on any atom is 0.534 e. The molecule has 8 nitrogen and oxygen atoms in total. The molecular formula is C21H17F3N2O6S. The quantitative estimate of drug-likeness (QED) is 0.527. The number of alkyl halides is 3. The number of halogens is 3. The zero-order valence-corrected chi connectivity index (χ0v) is 17.7. The summed E-state index contributed by atoms with van der Waals surface area (Å²) >= 11 is 0. The molecule has 0 radical (unpaired) electrons. The normalized spacial score (nSPS) is 21.9. The summed E-state index contributed by atoms with van der Waals surface area (Å²) in [6.07, 6.45) is 2.67. The average Bonchev–Trinajstić information content (AvgIpc) is 3.16. The molecule has 0 aliphatic carbocycles. The number of fused-ring (bicyclic) bond motifs is 4. The van der Waals surface area contributed by atoms with Crippen molar-refractivity contribution in [1.29, 1.82) is 0 Å². The third-order valence-corrected chi connectivity index (χ3v) is 6.57. The van der Waals surface area contributed by atoms with Crippen LogP contribution in [0.1, 0.15) is 23.1 Å². The first kappa shape index (κ1) is 21.6. The van der Waals surface area contributed by atoms with Gasteiger partial charge in [0.2, 0.25) is 0 Å². The molecule has 0 saturated heterocycles. The summed E-state index contributed by atoms with van der Waals surface area (Å²) in [4.78, 5) is 4.46. The Kier molecular flexibility index (Phi) is 4.83. The van der Waals surface area contributed by atoms with Crippen molar-refractivity contribution in [2.45, 2.75) is 17.5 Å². The van der Waals surface area contributed by atoms with Gasteiger partial charge in [0, 0.05) is 11.1 Å². The van der Waals surface area contributed by atoms with Crippen molar-refractivity contribution in [3.05, 3.63) is 59.2 Å². The average molecular weight is 482 g/mol. The van der Waals surface area contributed by atoms with Crippen molar-refractivity contribution in [2.24, 2.45) is 10.7 Å². The van der Waals surface area contributed by atoms with Crippen LogP contribution in [-0.4, -0.2) is 39.8 Å². The highest BCUT2D eigenvalue weighted by Gasteiger charge is 2.50. The van der Waals surface area contributed by atoms with Gasteiger partial charge in [0.1, 0.15) is 23.9 Å². The molecule has 3 aliphatic heterocycles. The van der Waals surface area contributed by atoms with Gasteiger partial charge in [0.25, 0.3) is 6.02 Å². The largest absolute Gasteiger partial charge is 0.534 e. The van der Waals surface area contributed by atoms with E-state index >= 15 is 0 Å². The lowest BCUT2D eigenvalue weighted by molar-refractivity contribution is -0.0500. The van der Waals surface area contributed by atoms with Gasteiger partial charge in [-0.1, -0.05) is 12.1 Å². The fraction of sp³-hybridized carbons (Fsp3) is 0.286. The van der Waals surface area contributed by atoms with Crippen molar-refractivity contribution in [1.82, 2.24) is 0 Å². The van der Waals surface area contributed by atoms with Crippen LogP contribution in [0, 0.1) is 0 Å². The summed E-state index contributed by atoms with van der Waals surface area (Å²) in [5.41, 5.74) is 1.80. The molecule has 33 heavy (non-hydrogen) atoms. The minimum absolute atomic E-state index is 0.0523. The van der Waals surface area contributed by atoms with Gasteiger partial charge in [-0.15, -0.1) is 0 Å². The molecule has 174 valence electrons. The van der Waals surface area contributed by atoms with Gasteiger partial charge >= 0.3 is 15.6 Å². The number of aliphatic imine (C=N–C) groups is 1. The van der Waals surface area contributed by atoms with E-state index in [2.05, 4.69) is 9.18 Å². The fourth-order valence-electron chi connectivity index (χ4n) is 4.05. The predicted octanol–water partition coefficient (Wildman–Crippen LogP) is 3.41. The number of hydrogen-bond acceptors (Lipinski definition) is 8. The lowest BCUT2D eigenvalue weighted by Gasteiger charge is -2.34. The Labute approximate surface area is 186 Å². The monoisotopic (exact) mass is 482 g/mol. The first-order valence-corrected chi connectivity index (χ1v) is 11.2. The SMILES string of the molecule is NC1=N[C@@]2(CO1)c1cc(OS(=O)(=O)C(F)(F)F)ccc1Oc1ccc(C3=CCOCC3)cc12. The van der Waals surface area contributed by atoms with E-state index in [-0.39, 0.29) is 23.9 Å². The molecule has 3 heterocycles. The van der Waals surface area contributed by atoms with Crippen LogP contribution in [0.2, 0.25) is 0 Å². The molecule has 1 spiro atoms. The predicted molar refractivity (Wildman–Crippen MR) is 110 cm³/mol. The van der Waals surface area contributed by atoms with Crippen LogP contribution in [0.3, 0.4) is 0 Å². The highest BCUT2D eigenvalue weighted by Crippen LogP contribution is 2.52. The summed E-state index contributed by atoms with van der Waals surface area (Å²) in [5.74, 6) is 0.193. The minimum atomic E-state index is -5.86. The molecule has 0 amide bonds. The Morgan fingerprint density at radius 3 is 2.45 bits per heavy atom. The van der Waals surface area contributed by atoms with E-state index < -0.39 is 26.9 Å². The Hall–Kier alpha value is -3.25. The topological polar surface area (TPSA) is 109 Å². The maximum absolute atomic E-state index is 12.8. The first-order valence-electron chi connectivity index (χ1n) is 9.82. The maximum atomic E-state index is 12.8. The van der Waals surface area contributed by atoms with Crippen LogP contribution in [-0.2, 0) is 25.1 Å². The van der Waals surface area contributed by atoms with Crippen LogP contribution in [0.15, 0.2) is 47.5 Å². The van der Waals surface area contributed by atoms with Gasteiger partial charge in [0.05, 0.1) is 13.2 Å².